The van der Waals surface area contributed by atoms with Crippen molar-refractivity contribution in [2.24, 2.45) is 0 Å². The standard InChI is InChI=1S/C14H17FN2O/c15-11-3-1-10(2-4-11)14(18)17-12-5-6-13(17)9-16-8-7-12/h1-4,12-13,16H,5-9H2. The van der Waals surface area contributed by atoms with Gasteiger partial charge in [0.1, 0.15) is 5.82 Å². The summed E-state index contributed by atoms with van der Waals surface area (Å²) in [4.78, 5) is 14.5. The van der Waals surface area contributed by atoms with Crippen LogP contribution >= 0.6 is 0 Å². The zero-order valence-corrected chi connectivity index (χ0v) is 10.2. The summed E-state index contributed by atoms with van der Waals surface area (Å²) in [6, 6.07) is 6.51. The van der Waals surface area contributed by atoms with E-state index < -0.39 is 0 Å². The largest absolute Gasteiger partial charge is 0.331 e. The first-order valence-corrected chi connectivity index (χ1v) is 6.54. The van der Waals surface area contributed by atoms with Crippen molar-refractivity contribution in [3.8, 4) is 0 Å². The Balaban J connectivity index is 1.85. The monoisotopic (exact) mass is 248 g/mol. The highest BCUT2D eigenvalue weighted by molar-refractivity contribution is 5.94. The SMILES string of the molecule is O=C(c1ccc(F)cc1)N1C2CCNCC1CC2. The molecule has 0 saturated carbocycles. The lowest BCUT2D eigenvalue weighted by Gasteiger charge is -2.28. The molecule has 1 amide bonds. The molecule has 0 radical (unpaired) electrons. The van der Waals surface area contributed by atoms with E-state index in [1.54, 1.807) is 12.1 Å². The lowest BCUT2D eigenvalue weighted by molar-refractivity contribution is 0.0680. The summed E-state index contributed by atoms with van der Waals surface area (Å²) < 4.78 is 12.9. The van der Waals surface area contributed by atoms with Gasteiger partial charge >= 0.3 is 0 Å². The van der Waals surface area contributed by atoms with Crippen LogP contribution in [0.25, 0.3) is 0 Å². The minimum atomic E-state index is -0.299. The third-order valence-corrected chi connectivity index (χ3v) is 3.98. The molecule has 1 aromatic carbocycles. The number of benzene rings is 1. The van der Waals surface area contributed by atoms with Gasteiger partial charge in [0.25, 0.3) is 5.91 Å². The van der Waals surface area contributed by atoms with E-state index >= 15 is 0 Å². The van der Waals surface area contributed by atoms with E-state index in [2.05, 4.69) is 5.32 Å². The molecule has 2 aliphatic rings. The molecular formula is C14H17FN2O. The highest BCUT2D eigenvalue weighted by Gasteiger charge is 2.38. The van der Waals surface area contributed by atoms with Crippen LogP contribution in [0.5, 0.6) is 0 Å². The quantitative estimate of drug-likeness (QED) is 0.822. The molecule has 2 unspecified atom stereocenters. The number of amides is 1. The third-order valence-electron chi connectivity index (χ3n) is 3.98. The van der Waals surface area contributed by atoms with E-state index in [0.717, 1.165) is 32.4 Å². The van der Waals surface area contributed by atoms with Crippen LogP contribution in [-0.2, 0) is 0 Å². The van der Waals surface area contributed by atoms with Crippen LogP contribution in [0, 0.1) is 5.82 Å². The Morgan fingerprint density at radius 2 is 1.89 bits per heavy atom. The predicted molar refractivity (Wildman–Crippen MR) is 66.9 cm³/mol. The van der Waals surface area contributed by atoms with Crippen LogP contribution < -0.4 is 5.32 Å². The minimum absolute atomic E-state index is 0.0474. The Morgan fingerprint density at radius 3 is 2.67 bits per heavy atom. The Morgan fingerprint density at radius 1 is 1.17 bits per heavy atom. The number of hydrogen-bond acceptors (Lipinski definition) is 2. The first-order chi connectivity index (χ1) is 8.75. The van der Waals surface area contributed by atoms with Crippen LogP contribution in [-0.4, -0.2) is 36.0 Å². The maximum atomic E-state index is 12.9. The van der Waals surface area contributed by atoms with Gasteiger partial charge in [-0.3, -0.25) is 4.79 Å². The molecule has 3 nitrogen and oxygen atoms in total. The summed E-state index contributed by atoms with van der Waals surface area (Å²) in [6.45, 7) is 1.86. The zero-order chi connectivity index (χ0) is 12.5. The Labute approximate surface area is 106 Å². The summed E-state index contributed by atoms with van der Waals surface area (Å²) in [5.74, 6) is -0.252. The fourth-order valence-corrected chi connectivity index (χ4v) is 3.06. The number of hydrogen-bond donors (Lipinski definition) is 1. The van der Waals surface area contributed by atoms with Crippen LogP contribution in [0.3, 0.4) is 0 Å². The average Bonchev–Trinajstić information content (AvgIpc) is 2.63. The summed E-state index contributed by atoms with van der Waals surface area (Å²) in [7, 11) is 0. The van der Waals surface area contributed by atoms with E-state index in [9.17, 15) is 9.18 Å². The van der Waals surface area contributed by atoms with Gasteiger partial charge in [0.05, 0.1) is 0 Å². The topological polar surface area (TPSA) is 32.3 Å². The molecule has 0 aliphatic carbocycles. The Hall–Kier alpha value is -1.42. The van der Waals surface area contributed by atoms with Gasteiger partial charge in [-0.05, 0) is 50.1 Å². The van der Waals surface area contributed by atoms with Gasteiger partial charge in [-0.15, -0.1) is 0 Å². The van der Waals surface area contributed by atoms with Crippen molar-refractivity contribution in [2.75, 3.05) is 13.1 Å². The average molecular weight is 248 g/mol. The van der Waals surface area contributed by atoms with E-state index in [1.807, 2.05) is 4.90 Å². The van der Waals surface area contributed by atoms with Crippen molar-refractivity contribution in [1.82, 2.24) is 10.2 Å². The third kappa shape index (κ3) is 2.01. The molecule has 1 aromatic rings. The van der Waals surface area contributed by atoms with E-state index in [-0.39, 0.29) is 11.7 Å². The Bertz CT molecular complexity index is 432. The second-order valence-corrected chi connectivity index (χ2v) is 5.10. The summed E-state index contributed by atoms with van der Waals surface area (Å²) in [5, 5.41) is 3.37. The normalized spacial score (nSPS) is 27.1. The fourth-order valence-electron chi connectivity index (χ4n) is 3.06. The number of rotatable bonds is 1. The molecule has 0 aromatic heterocycles. The number of nitrogens with one attached hydrogen (secondary N) is 1. The number of carbonyl (C=O) groups is 1. The number of nitrogens with zero attached hydrogens (tertiary/aromatic N) is 1. The summed E-state index contributed by atoms with van der Waals surface area (Å²) >= 11 is 0. The van der Waals surface area contributed by atoms with Gasteiger partial charge in [-0.2, -0.15) is 0 Å². The lowest BCUT2D eigenvalue weighted by Crippen LogP contribution is -2.42. The number of halogens is 1. The van der Waals surface area contributed by atoms with Crippen molar-refractivity contribution in [3.63, 3.8) is 0 Å². The molecule has 2 saturated heterocycles. The van der Waals surface area contributed by atoms with Crippen molar-refractivity contribution in [1.29, 1.82) is 0 Å². The van der Waals surface area contributed by atoms with Gasteiger partial charge in [0.15, 0.2) is 0 Å². The highest BCUT2D eigenvalue weighted by Crippen LogP contribution is 2.29. The molecule has 4 heteroatoms. The van der Waals surface area contributed by atoms with Gasteiger partial charge in [0, 0.05) is 24.2 Å². The van der Waals surface area contributed by atoms with Gasteiger partial charge in [-0.25, -0.2) is 4.39 Å². The Kier molecular flexibility index (Phi) is 3.04. The fraction of sp³-hybridized carbons (Fsp3) is 0.500. The first kappa shape index (κ1) is 11.7. The van der Waals surface area contributed by atoms with Gasteiger partial charge in [-0.1, -0.05) is 0 Å². The molecule has 0 spiro atoms. The molecular weight excluding hydrogens is 231 g/mol. The van der Waals surface area contributed by atoms with Crippen molar-refractivity contribution in [3.05, 3.63) is 35.6 Å². The van der Waals surface area contributed by atoms with Crippen LogP contribution in [0.15, 0.2) is 24.3 Å². The van der Waals surface area contributed by atoms with Gasteiger partial charge in [0.2, 0.25) is 0 Å². The molecule has 18 heavy (non-hydrogen) atoms. The molecule has 2 fully saturated rings. The van der Waals surface area contributed by atoms with E-state index in [1.165, 1.54) is 12.1 Å². The second-order valence-electron chi connectivity index (χ2n) is 5.10. The summed E-state index contributed by atoms with van der Waals surface area (Å²) in [5.41, 5.74) is 0.593. The lowest BCUT2D eigenvalue weighted by atomic mass is 10.1. The van der Waals surface area contributed by atoms with Crippen molar-refractivity contribution < 1.29 is 9.18 Å². The highest BCUT2D eigenvalue weighted by atomic mass is 19.1. The van der Waals surface area contributed by atoms with E-state index in [4.69, 9.17) is 0 Å². The molecule has 2 aliphatic heterocycles. The van der Waals surface area contributed by atoms with Crippen molar-refractivity contribution in [2.45, 2.75) is 31.3 Å². The maximum absolute atomic E-state index is 12.9. The molecule has 2 bridgehead atoms. The van der Waals surface area contributed by atoms with E-state index in [0.29, 0.717) is 17.6 Å². The first-order valence-electron chi connectivity index (χ1n) is 6.54. The van der Waals surface area contributed by atoms with Crippen LogP contribution in [0.1, 0.15) is 29.6 Å². The molecule has 1 N–H and O–H groups in total. The smallest absolute Gasteiger partial charge is 0.254 e. The molecule has 2 heterocycles. The molecule has 2 atom stereocenters. The molecule has 3 rings (SSSR count). The maximum Gasteiger partial charge on any atom is 0.254 e. The minimum Gasteiger partial charge on any atom is -0.331 e. The number of fused-ring (bicyclic) bond motifs is 2. The van der Waals surface area contributed by atoms with Crippen LogP contribution in [0.4, 0.5) is 4.39 Å². The molecule has 96 valence electrons. The predicted octanol–water partition coefficient (Wildman–Crippen LogP) is 1.79. The zero-order valence-electron chi connectivity index (χ0n) is 10.2. The summed E-state index contributed by atoms with van der Waals surface area (Å²) in [6.07, 6.45) is 3.19. The van der Waals surface area contributed by atoms with Crippen molar-refractivity contribution >= 4 is 5.91 Å². The second kappa shape index (κ2) is 4.69. The van der Waals surface area contributed by atoms with Gasteiger partial charge < -0.3 is 10.2 Å². The van der Waals surface area contributed by atoms with Crippen LogP contribution in [0.2, 0.25) is 0 Å². The number of carbonyl (C=O) groups excluding carboxylic acids is 1.